The average Bonchev–Trinajstić information content (AvgIpc) is 2.78. The fraction of sp³-hybridized carbons (Fsp3) is 0.458. The second-order valence-electron chi connectivity index (χ2n) is 6.76. The van der Waals surface area contributed by atoms with Gasteiger partial charge in [0.15, 0.2) is 0 Å². The van der Waals surface area contributed by atoms with Crippen molar-refractivity contribution >= 4 is 11.7 Å². The van der Waals surface area contributed by atoms with E-state index in [-0.39, 0.29) is 12.6 Å². The minimum absolute atomic E-state index is 0.218. The van der Waals surface area contributed by atoms with Gasteiger partial charge in [0.25, 0.3) is 0 Å². The molecule has 2 rings (SSSR count). The Kier molecular flexibility index (Phi) is 12.3. The minimum Gasteiger partial charge on any atom is -0.460 e. The highest BCUT2D eigenvalue weighted by atomic mass is 16.6. The molecule has 0 fully saturated rings. The molecule has 0 unspecified atom stereocenters. The van der Waals surface area contributed by atoms with Gasteiger partial charge in [0.05, 0.1) is 45.2 Å². The zero-order chi connectivity index (χ0) is 21.3. The molecule has 0 amide bonds. The lowest BCUT2D eigenvalue weighted by Crippen LogP contribution is -2.14. The molecule has 2 aromatic carbocycles. The average molecular weight is 416 g/mol. The van der Waals surface area contributed by atoms with E-state index in [0.717, 1.165) is 30.6 Å². The number of nitrogens with one attached hydrogen (secondary N) is 1. The molecule has 0 aliphatic carbocycles. The van der Waals surface area contributed by atoms with E-state index >= 15 is 0 Å². The molecule has 0 aromatic heterocycles. The van der Waals surface area contributed by atoms with E-state index in [1.807, 2.05) is 42.5 Å². The van der Waals surface area contributed by atoms with Crippen LogP contribution in [-0.2, 0) is 25.6 Å². The summed E-state index contributed by atoms with van der Waals surface area (Å²) in [7, 11) is 0. The van der Waals surface area contributed by atoms with Crippen LogP contribution in [0.3, 0.4) is 0 Å². The first-order chi connectivity index (χ1) is 14.8. The van der Waals surface area contributed by atoms with E-state index in [0.29, 0.717) is 45.2 Å². The zero-order valence-electron chi connectivity index (χ0n) is 17.8. The Balaban J connectivity index is 1.42. The van der Waals surface area contributed by atoms with Crippen LogP contribution < -0.4 is 5.32 Å². The Morgan fingerprint density at radius 3 is 2.10 bits per heavy atom. The van der Waals surface area contributed by atoms with Crippen molar-refractivity contribution in [1.82, 2.24) is 0 Å². The third-order valence-corrected chi connectivity index (χ3v) is 4.30. The van der Waals surface area contributed by atoms with Crippen molar-refractivity contribution in [3.05, 3.63) is 65.7 Å². The van der Waals surface area contributed by atoms with Crippen LogP contribution in [0.2, 0.25) is 0 Å². The Morgan fingerprint density at radius 2 is 1.43 bits per heavy atom. The molecule has 2 aromatic rings. The predicted molar refractivity (Wildman–Crippen MR) is 118 cm³/mol. The van der Waals surface area contributed by atoms with Crippen molar-refractivity contribution in [2.45, 2.75) is 26.4 Å². The summed E-state index contributed by atoms with van der Waals surface area (Å²) in [6, 6.07) is 17.4. The number of anilines is 1. The van der Waals surface area contributed by atoms with Crippen LogP contribution in [0.25, 0.3) is 0 Å². The van der Waals surface area contributed by atoms with Crippen molar-refractivity contribution in [3.63, 3.8) is 0 Å². The Hall–Kier alpha value is -2.41. The molecule has 6 nitrogen and oxygen atoms in total. The van der Waals surface area contributed by atoms with Crippen LogP contribution in [-0.4, -0.2) is 52.2 Å². The largest absolute Gasteiger partial charge is 0.460 e. The highest BCUT2D eigenvalue weighted by molar-refractivity contribution is 5.89. The van der Waals surface area contributed by atoms with Gasteiger partial charge in [-0.3, -0.25) is 0 Å². The summed E-state index contributed by atoms with van der Waals surface area (Å²) in [5, 5.41) is 3.32. The molecule has 0 radical (unpaired) electrons. The number of hydrogen-bond acceptors (Lipinski definition) is 6. The maximum Gasteiger partial charge on any atom is 0.338 e. The van der Waals surface area contributed by atoms with Crippen molar-refractivity contribution in [3.8, 4) is 0 Å². The van der Waals surface area contributed by atoms with Gasteiger partial charge in [0.1, 0.15) is 6.61 Å². The molecule has 0 aliphatic heterocycles. The van der Waals surface area contributed by atoms with Gasteiger partial charge in [0, 0.05) is 12.2 Å². The van der Waals surface area contributed by atoms with Gasteiger partial charge in [-0.1, -0.05) is 43.7 Å². The molecule has 0 heterocycles. The van der Waals surface area contributed by atoms with Crippen LogP contribution in [0, 0.1) is 0 Å². The quantitative estimate of drug-likeness (QED) is 0.326. The molecule has 1 N–H and O–H groups in total. The number of hydrogen-bond donors (Lipinski definition) is 1. The van der Waals surface area contributed by atoms with Crippen molar-refractivity contribution in [1.29, 1.82) is 0 Å². The smallest absolute Gasteiger partial charge is 0.338 e. The van der Waals surface area contributed by atoms with Gasteiger partial charge < -0.3 is 24.3 Å². The lowest BCUT2D eigenvalue weighted by atomic mass is 10.2. The molecule has 0 spiro atoms. The lowest BCUT2D eigenvalue weighted by Gasteiger charge is -2.09. The summed E-state index contributed by atoms with van der Waals surface area (Å²) in [6.07, 6.45) is 2.27. The van der Waals surface area contributed by atoms with Crippen LogP contribution in [0.1, 0.15) is 35.7 Å². The summed E-state index contributed by atoms with van der Waals surface area (Å²) in [6.45, 7) is 6.23. The first kappa shape index (κ1) is 23.9. The third kappa shape index (κ3) is 10.4. The van der Waals surface area contributed by atoms with Crippen LogP contribution >= 0.6 is 0 Å². The molecule has 0 aliphatic rings. The maximum atomic E-state index is 12.0. The first-order valence-corrected chi connectivity index (χ1v) is 10.6. The Morgan fingerprint density at radius 1 is 0.800 bits per heavy atom. The van der Waals surface area contributed by atoms with Gasteiger partial charge in [-0.2, -0.15) is 0 Å². The molecule has 30 heavy (non-hydrogen) atoms. The molecular weight excluding hydrogens is 382 g/mol. The van der Waals surface area contributed by atoms with Crippen molar-refractivity contribution in [2.24, 2.45) is 0 Å². The monoisotopic (exact) mass is 415 g/mol. The second kappa shape index (κ2) is 15.4. The number of benzene rings is 2. The van der Waals surface area contributed by atoms with Crippen molar-refractivity contribution in [2.75, 3.05) is 51.5 Å². The normalized spacial score (nSPS) is 10.7. The number of carbonyl (C=O) groups excluding carboxylic acids is 1. The minimum atomic E-state index is -0.342. The van der Waals surface area contributed by atoms with E-state index < -0.39 is 0 Å². The van der Waals surface area contributed by atoms with E-state index in [1.165, 1.54) is 0 Å². The van der Waals surface area contributed by atoms with Crippen LogP contribution in [0.4, 0.5) is 5.69 Å². The molecule has 0 atom stereocenters. The van der Waals surface area contributed by atoms with Crippen molar-refractivity contribution < 1.29 is 23.7 Å². The molecule has 0 saturated carbocycles. The van der Waals surface area contributed by atoms with E-state index in [9.17, 15) is 4.79 Å². The van der Waals surface area contributed by atoms with Crippen LogP contribution in [0.15, 0.2) is 54.6 Å². The fourth-order valence-electron chi connectivity index (χ4n) is 2.61. The molecule has 0 bridgehead atoms. The molecule has 6 heteroatoms. The topological polar surface area (TPSA) is 66.0 Å². The lowest BCUT2D eigenvalue weighted by molar-refractivity contribution is -0.00171. The Bertz CT molecular complexity index is 691. The Labute approximate surface area is 179 Å². The van der Waals surface area contributed by atoms with E-state index in [1.54, 1.807) is 12.1 Å². The van der Waals surface area contributed by atoms with E-state index in [4.69, 9.17) is 18.9 Å². The number of esters is 1. The number of carbonyl (C=O) groups is 1. The molecule has 0 saturated heterocycles. The van der Waals surface area contributed by atoms with Gasteiger partial charge in [0.2, 0.25) is 0 Å². The first-order valence-electron chi connectivity index (χ1n) is 10.6. The highest BCUT2D eigenvalue weighted by Gasteiger charge is 2.06. The van der Waals surface area contributed by atoms with Gasteiger partial charge in [-0.15, -0.1) is 0 Å². The molecular formula is C24H33NO5. The second-order valence-corrected chi connectivity index (χ2v) is 6.76. The highest BCUT2D eigenvalue weighted by Crippen LogP contribution is 2.10. The van der Waals surface area contributed by atoms with Crippen LogP contribution in [0.5, 0.6) is 0 Å². The fourth-order valence-corrected chi connectivity index (χ4v) is 2.61. The SMILES string of the molecule is CCCCNc1ccc(C(=O)OCCOCCOCCOCc2ccccc2)cc1. The van der Waals surface area contributed by atoms with Gasteiger partial charge >= 0.3 is 5.97 Å². The number of unbranched alkanes of at least 4 members (excludes halogenated alkanes) is 1. The van der Waals surface area contributed by atoms with Gasteiger partial charge in [-0.05, 0) is 36.2 Å². The maximum absolute atomic E-state index is 12.0. The van der Waals surface area contributed by atoms with E-state index in [2.05, 4.69) is 12.2 Å². The molecule has 164 valence electrons. The summed E-state index contributed by atoms with van der Waals surface area (Å²) >= 11 is 0. The summed E-state index contributed by atoms with van der Waals surface area (Å²) in [5.74, 6) is -0.342. The standard InChI is InChI=1S/C24H33NO5/c1-2-3-13-25-23-11-9-22(10-12-23)24(26)30-19-18-28-15-14-27-16-17-29-20-21-7-5-4-6-8-21/h4-12,25H,2-3,13-20H2,1H3. The summed E-state index contributed by atoms with van der Waals surface area (Å²) < 4.78 is 21.6. The predicted octanol–water partition coefficient (Wildman–Crippen LogP) is 4.31. The summed E-state index contributed by atoms with van der Waals surface area (Å²) in [4.78, 5) is 12.0. The number of ether oxygens (including phenoxy) is 4. The number of rotatable bonds is 16. The summed E-state index contributed by atoms with van der Waals surface area (Å²) in [5.41, 5.74) is 2.69. The van der Waals surface area contributed by atoms with Gasteiger partial charge in [-0.25, -0.2) is 4.79 Å². The zero-order valence-corrected chi connectivity index (χ0v) is 17.8. The third-order valence-electron chi connectivity index (χ3n) is 4.30.